The molecule has 11 heteroatoms. The second-order valence-electron chi connectivity index (χ2n) is 7.19. The van der Waals surface area contributed by atoms with E-state index in [0.717, 1.165) is 0 Å². The lowest BCUT2D eigenvalue weighted by atomic mass is 10.1. The van der Waals surface area contributed by atoms with Crippen LogP contribution in [0.2, 0.25) is 0 Å². The predicted octanol–water partition coefficient (Wildman–Crippen LogP) is 3.95. The van der Waals surface area contributed by atoms with Crippen LogP contribution in [0.4, 0.5) is 13.2 Å². The van der Waals surface area contributed by atoms with Gasteiger partial charge in [0.25, 0.3) is 0 Å². The molecule has 0 aliphatic heterocycles. The molecule has 0 saturated carbocycles. The Bertz CT molecular complexity index is 1510. The van der Waals surface area contributed by atoms with Crippen LogP contribution >= 0.6 is 0 Å². The first-order valence-corrected chi connectivity index (χ1v) is 11.1. The molecule has 0 aliphatic rings. The molecule has 1 aromatic carbocycles. The Morgan fingerprint density at radius 1 is 0.758 bits per heavy atom. The Hall–Kier alpha value is -3.70. The van der Waals surface area contributed by atoms with Gasteiger partial charge in [-0.2, -0.15) is 0 Å². The van der Waals surface area contributed by atoms with Gasteiger partial charge < -0.3 is 0 Å². The molecule has 0 spiro atoms. The van der Waals surface area contributed by atoms with Crippen LogP contribution in [0.15, 0.2) is 53.4 Å². The molecular weight excluding hydrogens is 455 g/mol. The number of benzene rings is 1. The Labute approximate surface area is 187 Å². The van der Waals surface area contributed by atoms with Gasteiger partial charge in [-0.3, -0.25) is 0 Å². The Kier molecular flexibility index (Phi) is 5.68. The van der Waals surface area contributed by atoms with E-state index in [1.165, 1.54) is 31.2 Å². The zero-order chi connectivity index (χ0) is 23.9. The number of sulfonamides is 1. The maximum atomic E-state index is 14.4. The normalized spacial score (nSPS) is 11.6. The largest absolute Gasteiger partial charge is 0.245 e. The zero-order valence-corrected chi connectivity index (χ0v) is 18.2. The fraction of sp³-hybridized carbons (Fsp3) is 0.0909. The van der Waals surface area contributed by atoms with E-state index in [0.29, 0.717) is 17.0 Å². The molecule has 0 aliphatic carbocycles. The summed E-state index contributed by atoms with van der Waals surface area (Å²) in [6, 6.07) is 12.3. The molecule has 33 heavy (non-hydrogen) atoms. The summed E-state index contributed by atoms with van der Waals surface area (Å²) in [6.07, 6.45) is 0. The van der Waals surface area contributed by atoms with Crippen molar-refractivity contribution in [2.45, 2.75) is 18.7 Å². The number of aryl methyl sites for hydroxylation is 2. The van der Waals surface area contributed by atoms with Gasteiger partial charge in [0.05, 0.1) is 22.0 Å². The van der Waals surface area contributed by atoms with Crippen LogP contribution in [0.5, 0.6) is 0 Å². The summed E-state index contributed by atoms with van der Waals surface area (Å²) in [5.74, 6) is -4.36. The van der Waals surface area contributed by atoms with Crippen molar-refractivity contribution in [2.75, 3.05) is 0 Å². The van der Waals surface area contributed by atoms with Crippen molar-refractivity contribution in [3.63, 3.8) is 0 Å². The minimum Gasteiger partial charge on any atom is -0.245 e. The van der Waals surface area contributed by atoms with E-state index in [1.807, 2.05) is 0 Å². The number of rotatable bonds is 4. The van der Waals surface area contributed by atoms with Gasteiger partial charge in [-0.25, -0.2) is 46.7 Å². The standard InChI is InChI=1S/C22H16F3N5O2S/c1-11-9-17(21-20(25)19(24)18(23)12(2)28-21)30-22(27-11)16-8-4-7-15(29-16)13-5-3-6-14(10-13)33(26,31)32/h3-10H,1-2H3,(H2,26,31,32). The van der Waals surface area contributed by atoms with Crippen molar-refractivity contribution in [2.24, 2.45) is 5.14 Å². The quantitative estimate of drug-likeness (QED) is 0.482. The summed E-state index contributed by atoms with van der Waals surface area (Å²) in [5, 5.41) is 5.20. The van der Waals surface area contributed by atoms with E-state index < -0.39 is 33.2 Å². The van der Waals surface area contributed by atoms with Crippen LogP contribution in [-0.2, 0) is 10.0 Å². The third kappa shape index (κ3) is 4.45. The highest BCUT2D eigenvalue weighted by atomic mass is 32.2. The van der Waals surface area contributed by atoms with E-state index in [2.05, 4.69) is 19.9 Å². The summed E-state index contributed by atoms with van der Waals surface area (Å²) in [7, 11) is -3.90. The maximum Gasteiger partial charge on any atom is 0.238 e. The molecule has 2 N–H and O–H groups in total. The van der Waals surface area contributed by atoms with Crippen LogP contribution in [0.1, 0.15) is 11.4 Å². The number of nitrogens with two attached hydrogens (primary N) is 1. The van der Waals surface area contributed by atoms with Gasteiger partial charge >= 0.3 is 0 Å². The van der Waals surface area contributed by atoms with E-state index in [-0.39, 0.29) is 27.8 Å². The predicted molar refractivity (Wildman–Crippen MR) is 115 cm³/mol. The molecule has 4 rings (SSSR count). The smallest absolute Gasteiger partial charge is 0.238 e. The molecule has 168 valence electrons. The SMILES string of the molecule is Cc1cc(-c2nc(C)c(F)c(F)c2F)nc(-c2cccc(-c3cccc(S(N)(=O)=O)c3)n2)n1. The minimum atomic E-state index is -3.90. The second kappa shape index (κ2) is 8.34. The van der Waals surface area contributed by atoms with Crippen LogP contribution in [0.25, 0.3) is 34.2 Å². The van der Waals surface area contributed by atoms with Crippen molar-refractivity contribution < 1.29 is 21.6 Å². The van der Waals surface area contributed by atoms with E-state index in [4.69, 9.17) is 5.14 Å². The number of hydrogen-bond acceptors (Lipinski definition) is 6. The summed E-state index contributed by atoms with van der Waals surface area (Å²) in [6.45, 7) is 2.84. The topological polar surface area (TPSA) is 112 Å². The van der Waals surface area contributed by atoms with Crippen molar-refractivity contribution in [3.05, 3.63) is 77.4 Å². The lowest BCUT2D eigenvalue weighted by molar-refractivity contribution is 0.438. The molecular formula is C22H16F3N5O2S. The molecule has 7 nitrogen and oxygen atoms in total. The van der Waals surface area contributed by atoms with Crippen LogP contribution in [0, 0.1) is 31.3 Å². The molecule has 0 unspecified atom stereocenters. The second-order valence-corrected chi connectivity index (χ2v) is 8.75. The Morgan fingerprint density at radius 3 is 2.18 bits per heavy atom. The monoisotopic (exact) mass is 471 g/mol. The van der Waals surface area contributed by atoms with Crippen molar-refractivity contribution in [1.29, 1.82) is 0 Å². The molecule has 0 bridgehead atoms. The Morgan fingerprint density at radius 2 is 1.45 bits per heavy atom. The average molecular weight is 471 g/mol. The summed E-state index contributed by atoms with van der Waals surface area (Å²) in [5.41, 5.74) is 0.810. The van der Waals surface area contributed by atoms with Crippen molar-refractivity contribution in [1.82, 2.24) is 19.9 Å². The number of primary sulfonamides is 1. The number of pyridine rings is 2. The van der Waals surface area contributed by atoms with Crippen LogP contribution < -0.4 is 5.14 Å². The maximum absolute atomic E-state index is 14.4. The van der Waals surface area contributed by atoms with Gasteiger partial charge in [0.1, 0.15) is 11.4 Å². The first-order chi connectivity index (χ1) is 15.5. The Balaban J connectivity index is 1.82. The molecule has 4 aromatic rings. The minimum absolute atomic E-state index is 0.0413. The van der Waals surface area contributed by atoms with Crippen LogP contribution in [-0.4, -0.2) is 28.4 Å². The van der Waals surface area contributed by atoms with Crippen molar-refractivity contribution in [3.8, 4) is 34.2 Å². The van der Waals surface area contributed by atoms with Gasteiger partial charge in [-0.15, -0.1) is 0 Å². The number of halogens is 3. The lowest BCUT2D eigenvalue weighted by Crippen LogP contribution is -2.12. The van der Waals surface area contributed by atoms with E-state index in [9.17, 15) is 21.6 Å². The van der Waals surface area contributed by atoms with E-state index >= 15 is 0 Å². The highest BCUT2D eigenvalue weighted by Crippen LogP contribution is 2.27. The molecule has 0 saturated heterocycles. The van der Waals surface area contributed by atoms with Crippen molar-refractivity contribution >= 4 is 10.0 Å². The highest BCUT2D eigenvalue weighted by molar-refractivity contribution is 7.89. The fourth-order valence-corrected chi connectivity index (χ4v) is 3.71. The summed E-state index contributed by atoms with van der Waals surface area (Å²) >= 11 is 0. The third-order valence-electron chi connectivity index (χ3n) is 4.72. The van der Waals surface area contributed by atoms with E-state index in [1.54, 1.807) is 31.2 Å². The summed E-state index contributed by atoms with van der Waals surface area (Å²) in [4.78, 5) is 16.8. The highest BCUT2D eigenvalue weighted by Gasteiger charge is 2.21. The number of aromatic nitrogens is 4. The molecule has 0 radical (unpaired) electrons. The molecule has 0 amide bonds. The zero-order valence-electron chi connectivity index (χ0n) is 17.3. The fourth-order valence-electron chi connectivity index (χ4n) is 3.15. The van der Waals surface area contributed by atoms with Crippen LogP contribution in [0.3, 0.4) is 0 Å². The molecule has 3 heterocycles. The van der Waals surface area contributed by atoms with Gasteiger partial charge in [0.2, 0.25) is 10.0 Å². The number of nitrogens with zero attached hydrogens (tertiary/aromatic N) is 4. The molecule has 0 atom stereocenters. The summed E-state index contributed by atoms with van der Waals surface area (Å²) < 4.78 is 65.3. The van der Waals surface area contributed by atoms with Gasteiger partial charge in [0.15, 0.2) is 23.3 Å². The average Bonchev–Trinajstić information content (AvgIpc) is 2.79. The molecule has 3 aromatic heterocycles. The first kappa shape index (κ1) is 22.5. The first-order valence-electron chi connectivity index (χ1n) is 9.52. The third-order valence-corrected chi connectivity index (χ3v) is 5.63. The van der Waals surface area contributed by atoms with Gasteiger partial charge in [-0.1, -0.05) is 18.2 Å². The lowest BCUT2D eigenvalue weighted by Gasteiger charge is -2.09. The molecule has 0 fully saturated rings. The van der Waals surface area contributed by atoms with Gasteiger partial charge in [-0.05, 0) is 44.2 Å². The van der Waals surface area contributed by atoms with Gasteiger partial charge in [0, 0.05) is 11.3 Å². The number of hydrogen-bond donors (Lipinski definition) is 1.